The zero-order valence-corrected chi connectivity index (χ0v) is 19.0. The van der Waals surface area contributed by atoms with Crippen LogP contribution in [0.25, 0.3) is 0 Å². The van der Waals surface area contributed by atoms with Gasteiger partial charge in [0.15, 0.2) is 5.13 Å². The lowest BCUT2D eigenvalue weighted by molar-refractivity contribution is 0.102. The van der Waals surface area contributed by atoms with Crippen LogP contribution in [-0.2, 0) is 6.54 Å². The zero-order valence-electron chi connectivity index (χ0n) is 17.4. The van der Waals surface area contributed by atoms with Crippen molar-refractivity contribution < 1.29 is 4.79 Å². The number of carbonyl (C=O) groups is 1. The number of nitrogens with one attached hydrogen (secondary N) is 1. The molecule has 0 aliphatic carbocycles. The van der Waals surface area contributed by atoms with Crippen molar-refractivity contribution in [2.24, 2.45) is 0 Å². The van der Waals surface area contributed by atoms with Gasteiger partial charge in [-0.05, 0) is 63.5 Å². The Balaban J connectivity index is 1.45. The third kappa shape index (κ3) is 5.28. The number of thiazole rings is 1. The minimum atomic E-state index is -0.172. The van der Waals surface area contributed by atoms with Crippen LogP contribution < -0.4 is 5.32 Å². The first-order valence-corrected chi connectivity index (χ1v) is 12.0. The van der Waals surface area contributed by atoms with E-state index in [9.17, 15) is 4.79 Å². The summed E-state index contributed by atoms with van der Waals surface area (Å²) in [5.41, 5.74) is 3.99. The van der Waals surface area contributed by atoms with E-state index in [2.05, 4.69) is 52.2 Å². The summed E-state index contributed by atoms with van der Waals surface area (Å²) in [5, 5.41) is 6.34. The molecule has 1 aliphatic rings. The maximum Gasteiger partial charge on any atom is 0.260 e. The van der Waals surface area contributed by atoms with Crippen LogP contribution in [0.5, 0.6) is 0 Å². The third-order valence-electron chi connectivity index (χ3n) is 5.16. The molecule has 1 N–H and O–H groups in total. The molecule has 1 aliphatic heterocycles. The highest BCUT2D eigenvalue weighted by atomic mass is 32.2. The summed E-state index contributed by atoms with van der Waals surface area (Å²) in [6, 6.07) is 9.92. The molecule has 0 atom stereocenters. The molecule has 1 amide bonds. The Morgan fingerprint density at radius 1 is 1.20 bits per heavy atom. The van der Waals surface area contributed by atoms with Gasteiger partial charge in [-0.15, -0.1) is 11.3 Å². The Morgan fingerprint density at radius 3 is 2.83 bits per heavy atom. The van der Waals surface area contributed by atoms with Gasteiger partial charge in [-0.25, -0.2) is 9.97 Å². The molecule has 1 fully saturated rings. The molecule has 4 rings (SSSR count). The largest absolute Gasteiger partial charge is 0.298 e. The first-order valence-electron chi connectivity index (χ1n) is 10.3. The normalized spacial score (nSPS) is 14.6. The molecule has 156 valence electrons. The Bertz CT molecular complexity index is 1030. The summed E-state index contributed by atoms with van der Waals surface area (Å²) in [7, 11) is 0. The zero-order chi connectivity index (χ0) is 20.9. The number of aromatic nitrogens is 2. The van der Waals surface area contributed by atoms with Crippen molar-refractivity contribution in [1.82, 2.24) is 14.9 Å². The van der Waals surface area contributed by atoms with Crippen LogP contribution in [0.2, 0.25) is 0 Å². The first-order chi connectivity index (χ1) is 14.6. The van der Waals surface area contributed by atoms with Gasteiger partial charge in [0, 0.05) is 23.0 Å². The van der Waals surface area contributed by atoms with E-state index in [1.54, 1.807) is 12.3 Å². The van der Waals surface area contributed by atoms with Crippen molar-refractivity contribution in [3.63, 3.8) is 0 Å². The van der Waals surface area contributed by atoms with Gasteiger partial charge in [0.25, 0.3) is 5.91 Å². The van der Waals surface area contributed by atoms with Gasteiger partial charge in [-0.2, -0.15) is 0 Å². The number of nitrogens with zero attached hydrogens (tertiary/aromatic N) is 3. The predicted molar refractivity (Wildman–Crippen MR) is 123 cm³/mol. The number of carbonyl (C=O) groups excluding carboxylic acids is 1. The molecule has 1 saturated heterocycles. The van der Waals surface area contributed by atoms with Gasteiger partial charge < -0.3 is 0 Å². The first kappa shape index (κ1) is 21.0. The second-order valence-electron chi connectivity index (χ2n) is 7.66. The lowest BCUT2D eigenvalue weighted by Gasteiger charge is -2.25. The van der Waals surface area contributed by atoms with E-state index in [1.165, 1.54) is 53.5 Å². The van der Waals surface area contributed by atoms with Crippen molar-refractivity contribution >= 4 is 34.1 Å². The predicted octanol–water partition coefficient (Wildman–Crippen LogP) is 5.54. The van der Waals surface area contributed by atoms with Crippen molar-refractivity contribution in [3.05, 3.63) is 64.3 Å². The summed E-state index contributed by atoms with van der Waals surface area (Å²) in [6.07, 6.45) is 5.57. The van der Waals surface area contributed by atoms with Gasteiger partial charge in [0.05, 0.1) is 11.3 Å². The van der Waals surface area contributed by atoms with Gasteiger partial charge in [0.1, 0.15) is 5.03 Å². The summed E-state index contributed by atoms with van der Waals surface area (Å²) in [4.78, 5) is 25.6. The summed E-state index contributed by atoms with van der Waals surface area (Å²) < 4.78 is 0. The monoisotopic (exact) mass is 438 g/mol. The number of amides is 1. The van der Waals surface area contributed by atoms with E-state index >= 15 is 0 Å². The molecule has 5 nitrogen and oxygen atoms in total. The van der Waals surface area contributed by atoms with Crippen LogP contribution in [0, 0.1) is 13.8 Å². The maximum absolute atomic E-state index is 13.0. The van der Waals surface area contributed by atoms with Crippen molar-refractivity contribution in [2.75, 3.05) is 18.4 Å². The van der Waals surface area contributed by atoms with E-state index in [0.717, 1.165) is 30.2 Å². The Labute approximate surface area is 185 Å². The van der Waals surface area contributed by atoms with Gasteiger partial charge in [-0.3, -0.25) is 15.0 Å². The van der Waals surface area contributed by atoms with Gasteiger partial charge >= 0.3 is 0 Å². The highest BCUT2D eigenvalue weighted by Gasteiger charge is 2.17. The van der Waals surface area contributed by atoms with Crippen LogP contribution in [0.15, 0.2) is 51.8 Å². The Hall–Kier alpha value is -2.22. The number of piperidine rings is 1. The molecular formula is C23H26N4OS2. The number of aryl methyl sites for hydroxylation is 2. The number of hydrogen-bond donors (Lipinski definition) is 1. The topological polar surface area (TPSA) is 58.1 Å². The highest BCUT2D eigenvalue weighted by molar-refractivity contribution is 7.99. The molecule has 0 bridgehead atoms. The van der Waals surface area contributed by atoms with Crippen LogP contribution >= 0.6 is 23.1 Å². The number of pyridine rings is 1. The SMILES string of the molecule is Cc1ccc(Sc2ncccc2C(=O)Nc2nc(CN3CCCCC3)cs2)c(C)c1. The van der Waals surface area contributed by atoms with Crippen LogP contribution in [0.3, 0.4) is 0 Å². The molecule has 0 radical (unpaired) electrons. The summed E-state index contributed by atoms with van der Waals surface area (Å²) >= 11 is 3.00. The smallest absolute Gasteiger partial charge is 0.260 e. The fourth-order valence-electron chi connectivity index (χ4n) is 3.61. The number of benzene rings is 1. The van der Waals surface area contributed by atoms with E-state index < -0.39 is 0 Å². The molecule has 7 heteroatoms. The lowest BCUT2D eigenvalue weighted by atomic mass is 10.1. The average molecular weight is 439 g/mol. The average Bonchev–Trinajstić information content (AvgIpc) is 3.18. The quantitative estimate of drug-likeness (QED) is 0.547. The molecule has 2 aromatic heterocycles. The van der Waals surface area contributed by atoms with Gasteiger partial charge in [-0.1, -0.05) is 35.9 Å². The Morgan fingerprint density at radius 2 is 2.03 bits per heavy atom. The molecule has 0 unspecified atom stereocenters. The maximum atomic E-state index is 13.0. The van der Waals surface area contributed by atoms with E-state index in [4.69, 9.17) is 0 Å². The molecule has 30 heavy (non-hydrogen) atoms. The van der Waals surface area contributed by atoms with E-state index in [-0.39, 0.29) is 5.91 Å². The fraction of sp³-hybridized carbons (Fsp3) is 0.348. The standard InChI is InChI=1S/C23H26N4OS2/c1-16-8-9-20(17(2)13-16)30-22-19(7-6-10-24-22)21(28)26-23-25-18(15-29-23)14-27-11-4-3-5-12-27/h6-10,13,15H,3-5,11-12,14H2,1-2H3,(H,25,26,28). The Kier molecular flexibility index (Phi) is 6.82. The number of anilines is 1. The minimum absolute atomic E-state index is 0.172. The number of hydrogen-bond acceptors (Lipinski definition) is 6. The lowest BCUT2D eigenvalue weighted by Crippen LogP contribution is -2.29. The number of likely N-dealkylation sites (tertiary alicyclic amines) is 1. The molecule has 1 aromatic carbocycles. The molecule has 3 heterocycles. The molecular weight excluding hydrogens is 412 g/mol. The van der Waals surface area contributed by atoms with Crippen molar-refractivity contribution in [3.8, 4) is 0 Å². The minimum Gasteiger partial charge on any atom is -0.298 e. The summed E-state index contributed by atoms with van der Waals surface area (Å²) in [6.45, 7) is 7.28. The second-order valence-corrected chi connectivity index (χ2v) is 9.55. The molecule has 0 spiro atoms. The van der Waals surface area contributed by atoms with Crippen LogP contribution in [-0.4, -0.2) is 33.9 Å². The second kappa shape index (κ2) is 9.73. The van der Waals surface area contributed by atoms with Gasteiger partial charge in [0.2, 0.25) is 0 Å². The summed E-state index contributed by atoms with van der Waals surface area (Å²) in [5.74, 6) is -0.172. The van der Waals surface area contributed by atoms with Crippen LogP contribution in [0.1, 0.15) is 46.4 Å². The third-order valence-corrected chi connectivity index (χ3v) is 7.16. The van der Waals surface area contributed by atoms with E-state index in [0.29, 0.717) is 15.7 Å². The van der Waals surface area contributed by atoms with Crippen LogP contribution in [0.4, 0.5) is 5.13 Å². The highest BCUT2D eigenvalue weighted by Crippen LogP contribution is 2.32. The molecule has 3 aromatic rings. The molecule has 0 saturated carbocycles. The van der Waals surface area contributed by atoms with E-state index in [1.807, 2.05) is 11.4 Å². The van der Waals surface area contributed by atoms with Crippen molar-refractivity contribution in [2.45, 2.75) is 49.6 Å². The fourth-order valence-corrected chi connectivity index (χ4v) is 5.26. The van der Waals surface area contributed by atoms with Crippen molar-refractivity contribution in [1.29, 1.82) is 0 Å². The number of rotatable bonds is 6.